The van der Waals surface area contributed by atoms with Gasteiger partial charge in [0.25, 0.3) is 5.91 Å². The quantitative estimate of drug-likeness (QED) is 0.704. The van der Waals surface area contributed by atoms with Crippen molar-refractivity contribution in [2.75, 3.05) is 0 Å². The maximum Gasteiger partial charge on any atom is 0.261 e. The van der Waals surface area contributed by atoms with Gasteiger partial charge in [0, 0.05) is 17.8 Å². The smallest absolute Gasteiger partial charge is 0.261 e. The third kappa shape index (κ3) is 4.93. The highest BCUT2D eigenvalue weighted by Gasteiger charge is 2.13. The molecule has 6 heteroatoms. The fourth-order valence-corrected chi connectivity index (χ4v) is 3.24. The molecule has 0 bridgehead atoms. The minimum Gasteiger partial charge on any atom is -0.489 e. The predicted octanol–water partition coefficient (Wildman–Crippen LogP) is 3.65. The largest absolute Gasteiger partial charge is 0.489 e. The van der Waals surface area contributed by atoms with Gasteiger partial charge in [0.1, 0.15) is 12.4 Å². The van der Waals surface area contributed by atoms with Gasteiger partial charge in [-0.3, -0.25) is 9.48 Å². The molecule has 2 heterocycles. The van der Waals surface area contributed by atoms with Crippen LogP contribution in [0.15, 0.2) is 54.0 Å². The predicted molar refractivity (Wildman–Crippen MR) is 99.0 cm³/mol. The monoisotopic (exact) mass is 355 g/mol. The second kappa shape index (κ2) is 7.98. The van der Waals surface area contributed by atoms with Crippen molar-refractivity contribution in [3.63, 3.8) is 0 Å². The lowest BCUT2D eigenvalue weighted by atomic mass is 10.3. The lowest BCUT2D eigenvalue weighted by Crippen LogP contribution is -2.35. The second-order valence-electron chi connectivity index (χ2n) is 5.97. The van der Waals surface area contributed by atoms with Gasteiger partial charge in [0.05, 0.1) is 17.1 Å². The average Bonchev–Trinajstić information content (AvgIpc) is 3.23. The molecule has 0 saturated carbocycles. The Bertz CT molecular complexity index is 826. The summed E-state index contributed by atoms with van der Waals surface area (Å²) < 4.78 is 7.55. The van der Waals surface area contributed by atoms with E-state index in [1.807, 2.05) is 72.6 Å². The molecular formula is C19H21N3O2S. The van der Waals surface area contributed by atoms with Gasteiger partial charge >= 0.3 is 0 Å². The van der Waals surface area contributed by atoms with E-state index < -0.39 is 0 Å². The second-order valence-corrected chi connectivity index (χ2v) is 6.89. The number of rotatable bonds is 7. The molecule has 0 aliphatic carbocycles. The molecule has 25 heavy (non-hydrogen) atoms. The van der Waals surface area contributed by atoms with Crippen LogP contribution in [0.4, 0.5) is 0 Å². The third-order valence-electron chi connectivity index (χ3n) is 3.64. The summed E-state index contributed by atoms with van der Waals surface area (Å²) in [7, 11) is 0. The number of para-hydroxylation sites is 1. The molecule has 0 fully saturated rings. The Labute approximate surface area is 151 Å². The number of hydrogen-bond acceptors (Lipinski definition) is 4. The van der Waals surface area contributed by atoms with Gasteiger partial charge in [-0.25, -0.2) is 0 Å². The summed E-state index contributed by atoms with van der Waals surface area (Å²) in [6, 6.07) is 13.5. The molecule has 5 nitrogen and oxygen atoms in total. The van der Waals surface area contributed by atoms with Crippen molar-refractivity contribution in [1.29, 1.82) is 0 Å². The number of aromatic nitrogens is 2. The van der Waals surface area contributed by atoms with E-state index in [0.29, 0.717) is 18.0 Å². The molecule has 1 unspecified atom stereocenters. The first-order valence-corrected chi connectivity index (χ1v) is 9.04. The third-order valence-corrected chi connectivity index (χ3v) is 4.62. The molecule has 1 aromatic carbocycles. The Kier molecular flexibility index (Phi) is 5.50. The molecule has 0 aliphatic heterocycles. The molecule has 2 aromatic heterocycles. The van der Waals surface area contributed by atoms with Crippen molar-refractivity contribution >= 4 is 17.2 Å². The number of nitrogens with zero attached hydrogens (tertiary/aromatic N) is 2. The lowest BCUT2D eigenvalue weighted by Gasteiger charge is -2.13. The summed E-state index contributed by atoms with van der Waals surface area (Å²) in [6.45, 7) is 5.03. The van der Waals surface area contributed by atoms with E-state index in [-0.39, 0.29) is 11.9 Å². The number of hydrogen-bond donors (Lipinski definition) is 1. The van der Waals surface area contributed by atoms with E-state index in [4.69, 9.17) is 4.74 Å². The van der Waals surface area contributed by atoms with Crippen LogP contribution < -0.4 is 10.1 Å². The van der Waals surface area contributed by atoms with Crippen LogP contribution in [-0.4, -0.2) is 21.7 Å². The topological polar surface area (TPSA) is 56.2 Å². The zero-order valence-corrected chi connectivity index (χ0v) is 15.1. The van der Waals surface area contributed by atoms with Gasteiger partial charge in [0.15, 0.2) is 0 Å². The van der Waals surface area contributed by atoms with Crippen LogP contribution in [-0.2, 0) is 13.2 Å². The molecular weight excluding hydrogens is 334 g/mol. The van der Waals surface area contributed by atoms with Crippen LogP contribution in [0.2, 0.25) is 0 Å². The number of amides is 1. The first-order chi connectivity index (χ1) is 12.1. The molecule has 0 aliphatic rings. The Hall–Kier alpha value is -2.60. The standard InChI is InChI=1S/C19H21N3O2S/c1-14-8-9-22(21-14)11-15(2)20-19(23)18-10-16(13-25-18)12-24-17-6-4-3-5-7-17/h3-10,13,15H,11-12H2,1-2H3,(H,20,23). The van der Waals surface area contributed by atoms with Crippen molar-refractivity contribution in [3.8, 4) is 5.75 Å². The Morgan fingerprint density at radius 3 is 2.84 bits per heavy atom. The van der Waals surface area contributed by atoms with Crippen molar-refractivity contribution in [2.24, 2.45) is 0 Å². The molecule has 0 saturated heterocycles. The van der Waals surface area contributed by atoms with Crippen molar-refractivity contribution in [2.45, 2.75) is 33.0 Å². The average molecular weight is 355 g/mol. The van der Waals surface area contributed by atoms with Crippen molar-refractivity contribution < 1.29 is 9.53 Å². The number of thiophene rings is 1. The molecule has 3 rings (SSSR count). The van der Waals surface area contributed by atoms with E-state index in [2.05, 4.69) is 10.4 Å². The summed E-state index contributed by atoms with van der Waals surface area (Å²) in [5.41, 5.74) is 1.97. The van der Waals surface area contributed by atoms with Gasteiger partial charge in [-0.1, -0.05) is 18.2 Å². The highest BCUT2D eigenvalue weighted by Crippen LogP contribution is 2.18. The Morgan fingerprint density at radius 2 is 2.12 bits per heavy atom. The Morgan fingerprint density at radius 1 is 1.32 bits per heavy atom. The summed E-state index contributed by atoms with van der Waals surface area (Å²) in [5.74, 6) is 0.759. The Balaban J connectivity index is 1.51. The van der Waals surface area contributed by atoms with Crippen molar-refractivity contribution in [1.82, 2.24) is 15.1 Å². The van der Waals surface area contributed by atoms with Crippen LogP contribution in [0.3, 0.4) is 0 Å². The summed E-state index contributed by atoms with van der Waals surface area (Å²) in [4.78, 5) is 13.1. The highest BCUT2D eigenvalue weighted by atomic mass is 32.1. The van der Waals surface area contributed by atoms with Crippen LogP contribution >= 0.6 is 11.3 Å². The first-order valence-electron chi connectivity index (χ1n) is 8.16. The number of nitrogens with one attached hydrogen (secondary N) is 1. The summed E-state index contributed by atoms with van der Waals surface area (Å²) >= 11 is 1.43. The van der Waals surface area contributed by atoms with Gasteiger partial charge in [0.2, 0.25) is 0 Å². The van der Waals surface area contributed by atoms with Gasteiger partial charge in [-0.2, -0.15) is 5.10 Å². The van der Waals surface area contributed by atoms with Crippen LogP contribution in [0, 0.1) is 6.92 Å². The number of ether oxygens (including phenoxy) is 1. The molecule has 0 spiro atoms. The minimum atomic E-state index is -0.0626. The number of aryl methyl sites for hydroxylation is 1. The van der Waals surface area contributed by atoms with Crippen LogP contribution in [0.5, 0.6) is 5.75 Å². The highest BCUT2D eigenvalue weighted by molar-refractivity contribution is 7.12. The molecule has 1 amide bonds. The SMILES string of the molecule is Cc1ccn(CC(C)NC(=O)c2cc(COc3ccccc3)cs2)n1. The van der Waals surface area contributed by atoms with E-state index in [9.17, 15) is 4.79 Å². The summed E-state index contributed by atoms with van der Waals surface area (Å²) in [5, 5.41) is 9.31. The van der Waals surface area contributed by atoms with E-state index in [1.54, 1.807) is 0 Å². The van der Waals surface area contributed by atoms with Gasteiger partial charge in [-0.15, -0.1) is 11.3 Å². The van der Waals surface area contributed by atoms with E-state index in [0.717, 1.165) is 17.0 Å². The molecule has 0 radical (unpaired) electrons. The van der Waals surface area contributed by atoms with E-state index in [1.165, 1.54) is 11.3 Å². The van der Waals surface area contributed by atoms with Gasteiger partial charge in [-0.05, 0) is 43.5 Å². The number of benzene rings is 1. The maximum absolute atomic E-state index is 12.4. The zero-order chi connectivity index (χ0) is 17.6. The maximum atomic E-state index is 12.4. The minimum absolute atomic E-state index is 0.00193. The zero-order valence-electron chi connectivity index (χ0n) is 14.3. The fourth-order valence-electron chi connectivity index (χ4n) is 2.44. The summed E-state index contributed by atoms with van der Waals surface area (Å²) in [6.07, 6.45) is 1.92. The number of carbonyl (C=O) groups is 1. The first kappa shape index (κ1) is 17.2. The molecule has 1 N–H and O–H groups in total. The van der Waals surface area contributed by atoms with Crippen LogP contribution in [0.25, 0.3) is 0 Å². The van der Waals surface area contributed by atoms with Crippen LogP contribution in [0.1, 0.15) is 27.9 Å². The molecule has 3 aromatic rings. The normalized spacial score (nSPS) is 11.9. The van der Waals surface area contributed by atoms with Crippen molar-refractivity contribution in [3.05, 3.63) is 70.2 Å². The molecule has 1 atom stereocenters. The van der Waals surface area contributed by atoms with Gasteiger partial charge < -0.3 is 10.1 Å². The number of carbonyl (C=O) groups excluding carboxylic acids is 1. The molecule has 130 valence electrons. The van der Waals surface area contributed by atoms with E-state index >= 15 is 0 Å². The fraction of sp³-hybridized carbons (Fsp3) is 0.263. The lowest BCUT2D eigenvalue weighted by molar-refractivity contribution is 0.0940.